The van der Waals surface area contributed by atoms with Gasteiger partial charge in [0.25, 0.3) is 0 Å². The maximum Gasteiger partial charge on any atom is 0.244 e. The zero-order valence-electron chi connectivity index (χ0n) is 13.7. The molecule has 0 aliphatic carbocycles. The second kappa shape index (κ2) is 7.62. The number of ether oxygens (including phenoxy) is 1. The van der Waals surface area contributed by atoms with Crippen LogP contribution in [0.2, 0.25) is 0 Å². The number of sulfonamides is 1. The first kappa shape index (κ1) is 17.5. The van der Waals surface area contributed by atoms with Crippen molar-refractivity contribution in [1.29, 1.82) is 0 Å². The second-order valence-corrected chi connectivity index (χ2v) is 7.34. The van der Waals surface area contributed by atoms with Crippen molar-refractivity contribution in [2.24, 2.45) is 0 Å². The van der Waals surface area contributed by atoms with Crippen LogP contribution in [0, 0.1) is 0 Å². The summed E-state index contributed by atoms with van der Waals surface area (Å²) in [7, 11) is -3.64. The van der Waals surface area contributed by atoms with E-state index in [4.69, 9.17) is 4.74 Å². The fourth-order valence-corrected chi connectivity index (χ4v) is 3.42. The molecule has 0 fully saturated rings. The summed E-state index contributed by atoms with van der Waals surface area (Å²) in [6, 6.07) is 14.8. The molecular formula is C18H23NO3S. The summed E-state index contributed by atoms with van der Waals surface area (Å²) in [6.45, 7) is 6.57. The van der Waals surface area contributed by atoms with E-state index in [-0.39, 0.29) is 17.4 Å². The number of hydrogen-bond acceptors (Lipinski definition) is 3. The summed E-state index contributed by atoms with van der Waals surface area (Å²) in [4.78, 5) is 0.196. The maximum atomic E-state index is 12.7. The van der Waals surface area contributed by atoms with Gasteiger partial charge in [0.1, 0.15) is 10.6 Å². The van der Waals surface area contributed by atoms with Crippen molar-refractivity contribution < 1.29 is 13.2 Å². The normalized spacial score (nSPS) is 11.7. The van der Waals surface area contributed by atoms with E-state index in [2.05, 4.69) is 4.72 Å². The highest BCUT2D eigenvalue weighted by Crippen LogP contribution is 2.28. The highest BCUT2D eigenvalue weighted by molar-refractivity contribution is 7.89. The molecule has 0 saturated heterocycles. The average Bonchev–Trinajstić information content (AvgIpc) is 2.54. The van der Waals surface area contributed by atoms with Crippen molar-refractivity contribution in [3.63, 3.8) is 0 Å². The Kier molecular flexibility index (Phi) is 5.80. The second-order valence-electron chi connectivity index (χ2n) is 5.60. The van der Waals surface area contributed by atoms with Crippen molar-refractivity contribution in [2.45, 2.75) is 38.1 Å². The molecule has 0 unspecified atom stereocenters. The molecule has 0 spiro atoms. The van der Waals surface area contributed by atoms with Crippen LogP contribution in [-0.4, -0.2) is 15.0 Å². The molecule has 2 aromatic carbocycles. The van der Waals surface area contributed by atoms with E-state index in [1.807, 2.05) is 57.2 Å². The van der Waals surface area contributed by atoms with Gasteiger partial charge in [0.05, 0.1) is 6.61 Å². The van der Waals surface area contributed by atoms with Gasteiger partial charge < -0.3 is 4.74 Å². The van der Waals surface area contributed by atoms with Gasteiger partial charge in [0.15, 0.2) is 0 Å². The summed E-state index contributed by atoms with van der Waals surface area (Å²) in [6.07, 6.45) is 0. The van der Waals surface area contributed by atoms with Crippen molar-refractivity contribution >= 4 is 10.0 Å². The molecule has 23 heavy (non-hydrogen) atoms. The first-order chi connectivity index (χ1) is 10.9. The standard InChI is InChI=1S/C18H23NO3S/c1-4-22-17-11-10-16(14(2)3)12-18(17)23(20,21)19-13-15-8-6-5-7-9-15/h5-12,14,19H,4,13H2,1-3H3. The van der Waals surface area contributed by atoms with E-state index in [1.165, 1.54) is 0 Å². The lowest BCUT2D eigenvalue weighted by Crippen LogP contribution is -2.24. The van der Waals surface area contributed by atoms with Crippen LogP contribution in [-0.2, 0) is 16.6 Å². The van der Waals surface area contributed by atoms with Crippen LogP contribution >= 0.6 is 0 Å². The van der Waals surface area contributed by atoms with E-state index in [1.54, 1.807) is 12.1 Å². The van der Waals surface area contributed by atoms with Gasteiger partial charge in [0, 0.05) is 6.54 Å². The van der Waals surface area contributed by atoms with Gasteiger partial charge in [-0.25, -0.2) is 13.1 Å². The minimum Gasteiger partial charge on any atom is -0.492 e. The Bertz CT molecular complexity index is 740. The zero-order valence-corrected chi connectivity index (χ0v) is 14.6. The molecule has 0 aliphatic heterocycles. The molecule has 0 radical (unpaired) electrons. The lowest BCUT2D eigenvalue weighted by atomic mass is 10.0. The largest absolute Gasteiger partial charge is 0.492 e. The summed E-state index contributed by atoms with van der Waals surface area (Å²) >= 11 is 0. The molecule has 1 N–H and O–H groups in total. The lowest BCUT2D eigenvalue weighted by Gasteiger charge is -2.15. The number of hydrogen-bond donors (Lipinski definition) is 1. The van der Waals surface area contributed by atoms with Crippen LogP contribution in [0.25, 0.3) is 0 Å². The molecule has 5 heteroatoms. The van der Waals surface area contributed by atoms with E-state index in [0.717, 1.165) is 11.1 Å². The Morgan fingerprint density at radius 3 is 2.39 bits per heavy atom. The smallest absolute Gasteiger partial charge is 0.244 e. The molecular weight excluding hydrogens is 310 g/mol. The van der Waals surface area contributed by atoms with Crippen LogP contribution in [0.1, 0.15) is 37.8 Å². The fourth-order valence-electron chi connectivity index (χ4n) is 2.22. The van der Waals surface area contributed by atoms with Gasteiger partial charge in [-0.15, -0.1) is 0 Å². The summed E-state index contributed by atoms with van der Waals surface area (Å²) in [5, 5.41) is 0. The molecule has 0 atom stereocenters. The predicted molar refractivity (Wildman–Crippen MR) is 92.2 cm³/mol. The fraction of sp³-hybridized carbons (Fsp3) is 0.333. The quantitative estimate of drug-likeness (QED) is 0.841. The van der Waals surface area contributed by atoms with E-state index in [9.17, 15) is 8.42 Å². The topological polar surface area (TPSA) is 55.4 Å². The van der Waals surface area contributed by atoms with Gasteiger partial charge in [-0.2, -0.15) is 0 Å². The molecule has 124 valence electrons. The molecule has 0 amide bonds. The van der Waals surface area contributed by atoms with Crippen molar-refractivity contribution in [3.8, 4) is 5.75 Å². The molecule has 2 rings (SSSR count). The highest BCUT2D eigenvalue weighted by Gasteiger charge is 2.20. The van der Waals surface area contributed by atoms with Crippen molar-refractivity contribution in [2.75, 3.05) is 6.61 Å². The average molecular weight is 333 g/mol. The third-order valence-corrected chi connectivity index (χ3v) is 4.96. The third kappa shape index (κ3) is 4.56. The van der Waals surface area contributed by atoms with Crippen LogP contribution in [0.3, 0.4) is 0 Å². The first-order valence-corrected chi connectivity index (χ1v) is 9.22. The lowest BCUT2D eigenvalue weighted by molar-refractivity contribution is 0.330. The van der Waals surface area contributed by atoms with Gasteiger partial charge >= 0.3 is 0 Å². The molecule has 4 nitrogen and oxygen atoms in total. The molecule has 0 bridgehead atoms. The minimum atomic E-state index is -3.64. The summed E-state index contributed by atoms with van der Waals surface area (Å²) in [5.74, 6) is 0.631. The van der Waals surface area contributed by atoms with Gasteiger partial charge in [-0.1, -0.05) is 50.2 Å². The maximum absolute atomic E-state index is 12.7. The van der Waals surface area contributed by atoms with E-state index >= 15 is 0 Å². The van der Waals surface area contributed by atoms with Crippen LogP contribution < -0.4 is 9.46 Å². The summed E-state index contributed by atoms with van der Waals surface area (Å²) in [5.41, 5.74) is 1.88. The highest BCUT2D eigenvalue weighted by atomic mass is 32.2. The molecule has 0 saturated carbocycles. The minimum absolute atomic E-state index is 0.196. The Labute approximate surface area is 138 Å². The SMILES string of the molecule is CCOc1ccc(C(C)C)cc1S(=O)(=O)NCc1ccccc1. The first-order valence-electron chi connectivity index (χ1n) is 7.74. The Morgan fingerprint density at radius 1 is 1.09 bits per heavy atom. The number of benzene rings is 2. The molecule has 0 aromatic heterocycles. The monoisotopic (exact) mass is 333 g/mol. The van der Waals surface area contributed by atoms with E-state index in [0.29, 0.717) is 12.4 Å². The molecule has 0 heterocycles. The van der Waals surface area contributed by atoms with Gasteiger partial charge in [-0.3, -0.25) is 0 Å². The third-order valence-electron chi connectivity index (χ3n) is 3.53. The van der Waals surface area contributed by atoms with Crippen LogP contribution in [0.4, 0.5) is 0 Å². The van der Waals surface area contributed by atoms with Crippen LogP contribution in [0.15, 0.2) is 53.4 Å². The Hall–Kier alpha value is -1.85. The summed E-state index contributed by atoms with van der Waals surface area (Å²) < 4.78 is 33.5. The predicted octanol–water partition coefficient (Wildman–Crippen LogP) is 3.69. The number of nitrogens with one attached hydrogen (secondary N) is 1. The van der Waals surface area contributed by atoms with Gasteiger partial charge in [0.2, 0.25) is 10.0 Å². The molecule has 0 aliphatic rings. The Morgan fingerprint density at radius 2 is 1.78 bits per heavy atom. The van der Waals surface area contributed by atoms with Gasteiger partial charge in [-0.05, 0) is 36.1 Å². The zero-order chi connectivity index (χ0) is 16.9. The molecule has 2 aromatic rings. The Balaban J connectivity index is 2.31. The number of rotatable bonds is 7. The van der Waals surface area contributed by atoms with E-state index < -0.39 is 10.0 Å². The van der Waals surface area contributed by atoms with Crippen LogP contribution in [0.5, 0.6) is 5.75 Å². The van der Waals surface area contributed by atoms with Crippen molar-refractivity contribution in [1.82, 2.24) is 4.72 Å². The van der Waals surface area contributed by atoms with Crippen molar-refractivity contribution in [3.05, 3.63) is 59.7 Å².